The van der Waals surface area contributed by atoms with E-state index in [4.69, 9.17) is 19.1 Å². The summed E-state index contributed by atoms with van der Waals surface area (Å²) in [6.07, 6.45) is -6.01. The molecule has 4 aliphatic rings. The van der Waals surface area contributed by atoms with E-state index in [0.717, 1.165) is 11.1 Å². The standard InChI is InChI=1S/C40H50F3N5O5Si2/c1-13-23-19(2)25-18-30-32(37(40(41,42)43)53-55(10,11)12)21(4)27(45-30)16-26-20(3)24(14-15-31(49)52-6)35(46-26)34-36-33(22(5)28(47-36)17-29(23)44-25)38(50)48(39(34)51)54(7,8)9/h16-18,20,24,37,46-47H,13-15H2,1-12H3/t20-,24-,37?/m0/s1. The van der Waals surface area contributed by atoms with Crippen molar-refractivity contribution in [3.8, 4) is 0 Å². The van der Waals surface area contributed by atoms with E-state index in [9.17, 15) is 14.4 Å². The zero-order valence-corrected chi connectivity index (χ0v) is 35.6. The molecule has 0 spiro atoms. The molecule has 1 unspecified atom stereocenters. The van der Waals surface area contributed by atoms with Gasteiger partial charge in [-0.15, -0.1) is 0 Å². The molecule has 2 N–H and O–H groups in total. The monoisotopic (exact) mass is 793 g/mol. The molecule has 8 bridgehead atoms. The van der Waals surface area contributed by atoms with Gasteiger partial charge >= 0.3 is 12.1 Å². The first kappa shape index (κ1) is 40.3. The fourth-order valence-corrected chi connectivity index (χ4v) is 10.5. The topological polar surface area (TPSA) is 130 Å². The van der Waals surface area contributed by atoms with Crippen LogP contribution in [-0.4, -0.2) is 78.2 Å². The van der Waals surface area contributed by atoms with Crippen LogP contribution >= 0.6 is 0 Å². The van der Waals surface area contributed by atoms with Crippen molar-refractivity contribution in [2.45, 2.75) is 117 Å². The minimum Gasteiger partial charge on any atom is -0.469 e. The van der Waals surface area contributed by atoms with Crippen LogP contribution in [0.15, 0.2) is 18.2 Å². The van der Waals surface area contributed by atoms with Crippen LogP contribution in [0.3, 0.4) is 0 Å². The highest BCUT2D eigenvalue weighted by molar-refractivity contribution is 6.79. The minimum atomic E-state index is -4.73. The van der Waals surface area contributed by atoms with Crippen LogP contribution in [0.25, 0.3) is 33.3 Å². The van der Waals surface area contributed by atoms with Gasteiger partial charge in [0.2, 0.25) is 0 Å². The maximum absolute atomic E-state index is 15.1. The van der Waals surface area contributed by atoms with Crippen molar-refractivity contribution in [3.63, 3.8) is 0 Å². The summed E-state index contributed by atoms with van der Waals surface area (Å²) in [7, 11) is -4.05. The van der Waals surface area contributed by atoms with Gasteiger partial charge in [0.05, 0.1) is 46.5 Å². The fraction of sp³-hybridized carbons (Fsp3) is 0.475. The Morgan fingerprint density at radius 2 is 1.53 bits per heavy atom. The Kier molecular flexibility index (Phi) is 10.3. The highest BCUT2D eigenvalue weighted by Crippen LogP contribution is 2.47. The van der Waals surface area contributed by atoms with Crippen molar-refractivity contribution in [2.75, 3.05) is 7.11 Å². The predicted octanol–water partition coefficient (Wildman–Crippen LogP) is 9.67. The molecular weight excluding hydrogens is 744 g/mol. The van der Waals surface area contributed by atoms with Crippen LogP contribution in [0, 0.1) is 6.92 Å². The lowest BCUT2D eigenvalue weighted by Gasteiger charge is -2.35. The molecule has 6 heterocycles. The molecule has 0 aromatic carbocycles. The Balaban J connectivity index is 1.81. The van der Waals surface area contributed by atoms with E-state index in [-0.39, 0.29) is 29.5 Å². The van der Waals surface area contributed by atoms with Crippen molar-refractivity contribution >= 4 is 67.7 Å². The van der Waals surface area contributed by atoms with Crippen molar-refractivity contribution in [3.05, 3.63) is 69.1 Å². The first-order valence-electron chi connectivity index (χ1n) is 18.7. The normalized spacial score (nSPS) is 19.0. The van der Waals surface area contributed by atoms with Crippen LogP contribution < -0.4 is 0 Å². The summed E-state index contributed by atoms with van der Waals surface area (Å²) in [5.74, 6) is -1.99. The lowest BCUT2D eigenvalue weighted by atomic mass is 9.84. The molecule has 0 saturated heterocycles. The average molecular weight is 794 g/mol. The number of aromatic nitrogens is 4. The second-order valence-electron chi connectivity index (χ2n) is 16.8. The van der Waals surface area contributed by atoms with E-state index >= 15 is 13.2 Å². The lowest BCUT2D eigenvalue weighted by Crippen LogP contribution is -2.55. The van der Waals surface area contributed by atoms with Crippen molar-refractivity contribution < 1.29 is 36.7 Å². The average Bonchev–Trinajstić information content (AvgIpc) is 3.74. The van der Waals surface area contributed by atoms with Gasteiger partial charge in [-0.05, 0) is 93.7 Å². The molecule has 2 aromatic heterocycles. The minimum absolute atomic E-state index is 0.0554. The zero-order valence-electron chi connectivity index (χ0n) is 33.6. The number of hydrogen-bond donors (Lipinski definition) is 2. The molecule has 4 aliphatic heterocycles. The number of nitrogens with one attached hydrogen (secondary N) is 2. The summed E-state index contributed by atoms with van der Waals surface area (Å²) in [6.45, 7) is 20.3. The first-order valence-corrected chi connectivity index (χ1v) is 25.5. The number of amides is 2. The van der Waals surface area contributed by atoms with E-state index in [1.807, 2.05) is 53.4 Å². The second-order valence-corrected chi connectivity index (χ2v) is 26.0. The van der Waals surface area contributed by atoms with E-state index < -0.39 is 46.6 Å². The number of rotatable bonds is 8. The Hall–Kier alpha value is -4.35. The number of ether oxygens (including phenoxy) is 1. The number of fused-ring (bicyclic) bond motifs is 8. The number of carbonyl (C=O) groups excluding carboxylic acids is 3. The summed E-state index contributed by atoms with van der Waals surface area (Å²) >= 11 is 0. The molecule has 3 atom stereocenters. The number of halogens is 3. The molecule has 2 amide bonds. The predicted molar refractivity (Wildman–Crippen MR) is 213 cm³/mol. The van der Waals surface area contributed by atoms with Gasteiger partial charge in [-0.3, -0.25) is 14.4 Å². The van der Waals surface area contributed by atoms with Crippen LogP contribution in [-0.2, 0) is 14.0 Å². The van der Waals surface area contributed by atoms with Crippen molar-refractivity contribution in [1.29, 1.82) is 0 Å². The largest absolute Gasteiger partial charge is 0.469 e. The summed E-state index contributed by atoms with van der Waals surface area (Å²) in [5, 5.41) is 0. The van der Waals surface area contributed by atoms with Gasteiger partial charge in [0, 0.05) is 40.7 Å². The second kappa shape index (κ2) is 14.0. The number of nitrogens with zero attached hydrogens (tertiary/aromatic N) is 3. The molecule has 294 valence electrons. The number of imide groups is 1. The van der Waals surface area contributed by atoms with Gasteiger partial charge in [-0.1, -0.05) is 33.5 Å². The maximum atomic E-state index is 15.1. The quantitative estimate of drug-likeness (QED) is 0.155. The number of allylic oxidation sites excluding steroid dienone is 3. The van der Waals surface area contributed by atoms with Crippen molar-refractivity contribution in [2.24, 2.45) is 0 Å². The lowest BCUT2D eigenvalue weighted by molar-refractivity contribution is -0.178. The van der Waals surface area contributed by atoms with Crippen LogP contribution in [0.4, 0.5) is 13.2 Å². The van der Waals surface area contributed by atoms with E-state index in [0.29, 0.717) is 74.6 Å². The van der Waals surface area contributed by atoms with Crippen LogP contribution in [0.5, 0.6) is 0 Å². The molecule has 0 saturated carbocycles. The van der Waals surface area contributed by atoms with E-state index in [2.05, 4.69) is 9.97 Å². The van der Waals surface area contributed by atoms with Gasteiger partial charge in [0.15, 0.2) is 22.7 Å². The Bertz CT molecular complexity index is 2270. The SMILES string of the molecule is CCC1=C(C)c2cc3nc(cc4[nH]c(c5c6[nH]c(cc1n2)c(C)c6C(=O)N([Si](C)(C)C)C5=O)[C@@H](CCC(=O)OC)[C@@H]4C)C(C)=C3C(O[Si](C)(C)C)C(F)(F)F. The Morgan fingerprint density at radius 1 is 0.909 bits per heavy atom. The third-order valence-corrected chi connectivity index (χ3v) is 13.6. The summed E-state index contributed by atoms with van der Waals surface area (Å²) < 4.78 is 57.5. The van der Waals surface area contributed by atoms with Gasteiger partial charge < -0.3 is 23.7 Å². The van der Waals surface area contributed by atoms with Crippen molar-refractivity contribution in [1.82, 2.24) is 24.5 Å². The highest BCUT2D eigenvalue weighted by atomic mass is 28.4. The number of alkyl halides is 3. The fourth-order valence-electron chi connectivity index (χ4n) is 8.08. The molecule has 0 fully saturated rings. The number of methoxy groups -OCH3 is 1. The number of carbonyl (C=O) groups is 3. The van der Waals surface area contributed by atoms with Crippen LogP contribution in [0.2, 0.25) is 39.3 Å². The number of H-pyrrole nitrogens is 2. The molecule has 6 rings (SSSR count). The van der Waals surface area contributed by atoms with E-state index in [1.54, 1.807) is 38.7 Å². The maximum Gasteiger partial charge on any atom is 0.417 e. The number of hydrogen-bond acceptors (Lipinski definition) is 7. The molecule has 55 heavy (non-hydrogen) atoms. The Labute approximate surface area is 321 Å². The molecule has 15 heteroatoms. The zero-order chi connectivity index (χ0) is 40.7. The smallest absolute Gasteiger partial charge is 0.417 e. The number of aromatic amines is 2. The van der Waals surface area contributed by atoms with Gasteiger partial charge in [0.25, 0.3) is 11.8 Å². The first-order chi connectivity index (χ1) is 25.5. The molecule has 10 nitrogen and oxygen atoms in total. The third-order valence-electron chi connectivity index (χ3n) is 10.9. The Morgan fingerprint density at radius 3 is 2.11 bits per heavy atom. The third kappa shape index (κ3) is 7.14. The number of aryl methyl sites for hydroxylation is 1. The summed E-state index contributed by atoms with van der Waals surface area (Å²) in [4.78, 5) is 58.4. The molecular formula is C40H50F3N5O5Si2. The molecule has 0 radical (unpaired) electrons. The summed E-state index contributed by atoms with van der Waals surface area (Å²) in [6, 6.07) is 5.19. The van der Waals surface area contributed by atoms with Crippen LogP contribution in [0.1, 0.15) is 119 Å². The van der Waals surface area contributed by atoms with Gasteiger partial charge in [-0.2, -0.15) is 13.2 Å². The highest BCUT2D eigenvalue weighted by Gasteiger charge is 2.48. The molecule has 2 aromatic rings. The van der Waals surface area contributed by atoms with E-state index in [1.165, 1.54) is 11.7 Å². The molecule has 0 aliphatic carbocycles. The number of esters is 1. The van der Waals surface area contributed by atoms with Gasteiger partial charge in [-0.25, -0.2) is 9.97 Å². The summed E-state index contributed by atoms with van der Waals surface area (Å²) in [5.41, 5.74) is 6.88. The van der Waals surface area contributed by atoms with Gasteiger partial charge in [0.1, 0.15) is 0 Å².